The maximum atomic E-state index is 14.8. The van der Waals surface area contributed by atoms with Crippen LogP contribution in [0.4, 0.5) is 4.39 Å². The Morgan fingerprint density at radius 1 is 1.31 bits per heavy atom. The fourth-order valence-electron chi connectivity index (χ4n) is 3.43. The quantitative estimate of drug-likeness (QED) is 0.426. The topological polar surface area (TPSA) is 131 Å². The predicted octanol–water partition coefficient (Wildman–Crippen LogP) is 3.23. The molecule has 0 bridgehead atoms. The van der Waals surface area contributed by atoms with Gasteiger partial charge >= 0.3 is 5.76 Å². The third kappa shape index (κ3) is 4.75. The van der Waals surface area contributed by atoms with Crippen LogP contribution in [0.2, 0.25) is 5.02 Å². The third-order valence-corrected chi connectivity index (χ3v) is 7.14. The molecule has 0 aliphatic heterocycles. The number of thiocarbonyl (C=S) groups is 1. The van der Waals surface area contributed by atoms with Gasteiger partial charge in [-0.3, -0.25) is 0 Å². The van der Waals surface area contributed by atoms with Gasteiger partial charge in [0.05, 0.1) is 4.90 Å². The molecule has 2 aromatic carbocycles. The van der Waals surface area contributed by atoms with E-state index in [1.807, 2.05) is 0 Å². The zero-order chi connectivity index (χ0) is 23.8. The molecule has 0 saturated carbocycles. The van der Waals surface area contributed by atoms with Crippen LogP contribution in [-0.2, 0) is 10.0 Å². The summed E-state index contributed by atoms with van der Waals surface area (Å²) < 4.78 is 48.9. The number of nitrogens with zero attached hydrogens (tertiary/aromatic N) is 1. The zero-order valence-corrected chi connectivity index (χ0v) is 19.7. The summed E-state index contributed by atoms with van der Waals surface area (Å²) in [5.41, 5.74) is 7.43. The molecule has 12 heteroatoms. The molecule has 0 saturated heterocycles. The van der Waals surface area contributed by atoms with E-state index >= 15 is 0 Å². The Kier molecular flexibility index (Phi) is 6.84. The van der Waals surface area contributed by atoms with Gasteiger partial charge in [0.2, 0.25) is 15.9 Å². The summed E-state index contributed by atoms with van der Waals surface area (Å²) in [6.07, 6.45) is 0. The van der Waals surface area contributed by atoms with Gasteiger partial charge in [0.15, 0.2) is 0 Å². The van der Waals surface area contributed by atoms with Crippen molar-refractivity contribution in [2.75, 3.05) is 0 Å². The van der Waals surface area contributed by atoms with Gasteiger partial charge in [0.1, 0.15) is 16.8 Å². The minimum atomic E-state index is -4.29. The smallest absolute Gasteiger partial charge is 0.391 e. The minimum absolute atomic E-state index is 0.0350. The maximum absolute atomic E-state index is 14.8. The van der Waals surface area contributed by atoms with Gasteiger partial charge in [-0.25, -0.2) is 22.7 Å². The molecule has 0 aliphatic carbocycles. The molecule has 0 fully saturated rings. The zero-order valence-electron chi connectivity index (χ0n) is 17.3. The van der Waals surface area contributed by atoms with E-state index in [-0.39, 0.29) is 31.9 Å². The Morgan fingerprint density at radius 3 is 2.59 bits per heavy atom. The van der Waals surface area contributed by atoms with Crippen LogP contribution < -0.4 is 16.2 Å². The van der Waals surface area contributed by atoms with Crippen LogP contribution in [0.25, 0.3) is 0 Å². The highest BCUT2D eigenvalue weighted by Gasteiger charge is 2.34. The van der Waals surface area contributed by atoms with E-state index in [9.17, 15) is 17.6 Å². The average molecular weight is 499 g/mol. The monoisotopic (exact) mass is 498 g/mol. The molecule has 3 rings (SSSR count). The van der Waals surface area contributed by atoms with Crippen LogP contribution in [0, 0.1) is 19.7 Å². The number of nitrogens with one attached hydrogen (secondary N) is 2. The number of aromatic nitrogens is 2. The molecule has 1 heterocycles. The fourth-order valence-corrected chi connectivity index (χ4v) is 5.31. The number of sulfonamides is 1. The summed E-state index contributed by atoms with van der Waals surface area (Å²) >= 11 is 10.9. The third-order valence-electron chi connectivity index (χ3n) is 5.19. The van der Waals surface area contributed by atoms with E-state index in [2.05, 4.69) is 14.9 Å². The molecule has 0 amide bonds. The van der Waals surface area contributed by atoms with E-state index in [0.29, 0.717) is 5.56 Å². The van der Waals surface area contributed by atoms with E-state index in [1.165, 1.54) is 24.3 Å². The molecular formula is C20H20ClFN4O4S2. The molecule has 3 aromatic rings. The predicted molar refractivity (Wildman–Crippen MR) is 122 cm³/mol. The van der Waals surface area contributed by atoms with Gasteiger partial charge in [0, 0.05) is 16.5 Å². The van der Waals surface area contributed by atoms with Gasteiger partial charge < -0.3 is 10.2 Å². The number of hydrogen-bond donors (Lipinski definition) is 3. The summed E-state index contributed by atoms with van der Waals surface area (Å²) in [6, 6.07) is 5.64. The second-order valence-electron chi connectivity index (χ2n) is 7.25. The van der Waals surface area contributed by atoms with Crippen molar-refractivity contribution in [2.24, 2.45) is 5.73 Å². The first-order valence-electron chi connectivity index (χ1n) is 9.35. The lowest BCUT2D eigenvalue weighted by Gasteiger charge is -2.25. The first-order valence-corrected chi connectivity index (χ1v) is 11.6. The van der Waals surface area contributed by atoms with Gasteiger partial charge in [0.25, 0.3) is 0 Å². The highest BCUT2D eigenvalue weighted by molar-refractivity contribution is 7.89. The highest BCUT2D eigenvalue weighted by Crippen LogP contribution is 2.35. The summed E-state index contributed by atoms with van der Waals surface area (Å²) in [4.78, 5) is 11.2. The summed E-state index contributed by atoms with van der Waals surface area (Å²) in [7, 11) is -4.29. The van der Waals surface area contributed by atoms with Crippen LogP contribution >= 0.6 is 23.8 Å². The number of H-pyrrole nitrogens is 1. The number of aryl methyl sites for hydroxylation is 1. The van der Waals surface area contributed by atoms with E-state index in [1.54, 1.807) is 26.8 Å². The molecule has 0 spiro atoms. The Morgan fingerprint density at radius 2 is 2.00 bits per heavy atom. The number of benzene rings is 2. The minimum Gasteiger partial charge on any atom is -0.391 e. The molecule has 2 atom stereocenters. The molecule has 4 N–H and O–H groups in total. The Balaban J connectivity index is 2.14. The molecule has 8 nitrogen and oxygen atoms in total. The van der Waals surface area contributed by atoms with E-state index in [4.69, 9.17) is 34.0 Å². The molecule has 0 aliphatic rings. The van der Waals surface area contributed by atoms with Crippen molar-refractivity contribution in [1.82, 2.24) is 14.9 Å². The van der Waals surface area contributed by atoms with E-state index < -0.39 is 33.6 Å². The van der Waals surface area contributed by atoms with Crippen molar-refractivity contribution in [3.05, 3.63) is 79.9 Å². The average Bonchev–Trinajstić information content (AvgIpc) is 3.15. The number of aromatic amines is 1. The van der Waals surface area contributed by atoms with Gasteiger partial charge in [-0.05, 0) is 54.8 Å². The lowest BCUT2D eigenvalue weighted by atomic mass is 9.88. The Bertz CT molecular complexity index is 1350. The Hall–Kier alpha value is -2.60. The largest absolute Gasteiger partial charge is 0.434 e. The summed E-state index contributed by atoms with van der Waals surface area (Å²) in [5, 5.41) is 6.11. The molecule has 1 aromatic heterocycles. The van der Waals surface area contributed by atoms with Gasteiger partial charge in [-0.2, -0.15) is 4.72 Å². The second-order valence-corrected chi connectivity index (χ2v) is 9.81. The van der Waals surface area contributed by atoms with Crippen LogP contribution in [0.3, 0.4) is 0 Å². The van der Waals surface area contributed by atoms with Crippen LogP contribution in [0.1, 0.15) is 47.0 Å². The SMILES string of the molecule is Cc1ccc(F)c(C(C)C(NS(=O)(=O)c2ccc(Cl)cc2C(N)=S)c2n[nH]c(=O)o2)c1C. The van der Waals surface area contributed by atoms with Gasteiger partial charge in [-0.1, -0.05) is 36.8 Å². The fraction of sp³-hybridized carbons (Fsp3) is 0.250. The lowest BCUT2D eigenvalue weighted by molar-refractivity contribution is 0.377. The number of halogens is 2. The summed E-state index contributed by atoms with van der Waals surface area (Å²) in [6.45, 7) is 5.13. The highest BCUT2D eigenvalue weighted by atomic mass is 35.5. The first kappa shape index (κ1) is 24.1. The summed E-state index contributed by atoms with van der Waals surface area (Å²) in [5.74, 6) is -2.47. The van der Waals surface area contributed by atoms with Gasteiger partial charge in [-0.15, -0.1) is 5.10 Å². The number of nitrogens with two attached hydrogens (primary N) is 1. The van der Waals surface area contributed by atoms with Crippen molar-refractivity contribution in [3.8, 4) is 0 Å². The Labute approximate surface area is 194 Å². The molecule has 170 valence electrons. The van der Waals surface area contributed by atoms with Crippen molar-refractivity contribution in [1.29, 1.82) is 0 Å². The van der Waals surface area contributed by atoms with Crippen LogP contribution in [0.15, 0.2) is 44.4 Å². The second kappa shape index (κ2) is 9.10. The van der Waals surface area contributed by atoms with E-state index in [0.717, 1.165) is 5.56 Å². The molecule has 2 unspecified atom stereocenters. The maximum Gasteiger partial charge on any atom is 0.434 e. The van der Waals surface area contributed by atoms with Crippen molar-refractivity contribution >= 4 is 38.8 Å². The molecular weight excluding hydrogens is 479 g/mol. The number of hydrogen-bond acceptors (Lipinski definition) is 6. The van der Waals surface area contributed by atoms with Crippen molar-refractivity contribution in [2.45, 2.75) is 37.6 Å². The lowest BCUT2D eigenvalue weighted by Crippen LogP contribution is -2.34. The number of rotatable bonds is 7. The van der Waals surface area contributed by atoms with Crippen molar-refractivity contribution < 1.29 is 17.2 Å². The normalized spacial score (nSPS) is 13.7. The van der Waals surface area contributed by atoms with Crippen LogP contribution in [-0.4, -0.2) is 23.6 Å². The van der Waals surface area contributed by atoms with Crippen molar-refractivity contribution in [3.63, 3.8) is 0 Å². The molecule has 0 radical (unpaired) electrons. The molecule has 32 heavy (non-hydrogen) atoms. The standard InChI is InChI=1S/C20H20ClFN4O4S2/c1-9-4-6-14(22)16(10(9)2)11(3)17(19-24-25-20(27)30-19)26-32(28,29)15-7-5-12(21)8-13(15)18(23)31/h4-8,11,17,26H,1-3H3,(H2,23,31)(H,25,27). The van der Waals surface area contributed by atoms with Crippen LogP contribution in [0.5, 0.6) is 0 Å². The first-order chi connectivity index (χ1) is 14.9.